The number of hydrogen-bond acceptors (Lipinski definition) is 8. The van der Waals surface area contributed by atoms with Gasteiger partial charge in [0, 0.05) is 39.9 Å². The van der Waals surface area contributed by atoms with E-state index in [9.17, 15) is 14.7 Å². The Morgan fingerprint density at radius 1 is 0.900 bits per heavy atom. The summed E-state index contributed by atoms with van der Waals surface area (Å²) in [5.41, 5.74) is 1.72. The number of aliphatic hydroxyl groups is 1. The number of carbonyl (C=O) groups excluding carboxylic acids is 2. The van der Waals surface area contributed by atoms with Gasteiger partial charge in [-0.15, -0.1) is 0 Å². The third-order valence-electron chi connectivity index (χ3n) is 6.04. The maximum Gasteiger partial charge on any atom is 0.330 e. The largest absolute Gasteiger partial charge is 0.497 e. The van der Waals surface area contributed by atoms with Crippen molar-refractivity contribution in [3.05, 3.63) is 88.5 Å². The molecule has 3 rings (SSSR count). The van der Waals surface area contributed by atoms with Crippen LogP contribution in [0.2, 0.25) is 5.02 Å². The molecule has 0 spiro atoms. The van der Waals surface area contributed by atoms with Crippen molar-refractivity contribution in [1.82, 2.24) is 0 Å². The number of ether oxygens (including phenoxy) is 5. The number of rotatable bonds is 12. The zero-order valence-corrected chi connectivity index (χ0v) is 23.7. The van der Waals surface area contributed by atoms with E-state index in [1.54, 1.807) is 68.6 Å². The summed E-state index contributed by atoms with van der Waals surface area (Å²) in [6.07, 6.45) is 0.910. The molecular formula is C30H32ClNO8. The van der Waals surface area contributed by atoms with E-state index >= 15 is 0 Å². The molecule has 1 unspecified atom stereocenters. The van der Waals surface area contributed by atoms with Crippen molar-refractivity contribution < 1.29 is 38.4 Å². The number of halogens is 1. The molecule has 1 amide bonds. The lowest BCUT2D eigenvalue weighted by Gasteiger charge is -2.28. The quantitative estimate of drug-likeness (QED) is 0.237. The Hall–Kier alpha value is -4.21. The first kappa shape index (κ1) is 30.3. The average molecular weight is 570 g/mol. The fourth-order valence-corrected chi connectivity index (χ4v) is 4.32. The fourth-order valence-electron chi connectivity index (χ4n) is 4.14. The molecule has 40 heavy (non-hydrogen) atoms. The highest BCUT2D eigenvalue weighted by molar-refractivity contribution is 6.30. The van der Waals surface area contributed by atoms with Crippen LogP contribution in [-0.2, 0) is 20.9 Å². The van der Waals surface area contributed by atoms with Crippen LogP contribution < -0.4 is 23.8 Å². The Labute approximate surface area is 238 Å². The van der Waals surface area contributed by atoms with Crippen molar-refractivity contribution in [2.45, 2.75) is 19.6 Å². The molecule has 212 valence electrons. The lowest BCUT2D eigenvalue weighted by molar-refractivity contribution is -0.137. The number of anilines is 1. The van der Waals surface area contributed by atoms with Gasteiger partial charge in [0.2, 0.25) is 0 Å². The topological polar surface area (TPSA) is 104 Å². The van der Waals surface area contributed by atoms with E-state index in [4.69, 9.17) is 35.3 Å². The summed E-state index contributed by atoms with van der Waals surface area (Å²) in [7, 11) is 6.02. The predicted molar refractivity (Wildman–Crippen MR) is 152 cm³/mol. The Bertz CT molecular complexity index is 1370. The number of aliphatic hydroxyl groups excluding tert-OH is 1. The average Bonchev–Trinajstić information content (AvgIpc) is 2.98. The van der Waals surface area contributed by atoms with Crippen molar-refractivity contribution in [3.63, 3.8) is 0 Å². The smallest absolute Gasteiger partial charge is 0.330 e. The van der Waals surface area contributed by atoms with E-state index in [-0.39, 0.29) is 13.2 Å². The molecule has 0 aliphatic heterocycles. The van der Waals surface area contributed by atoms with Gasteiger partial charge in [0.1, 0.15) is 17.6 Å². The minimum absolute atomic E-state index is 0.0236. The number of para-hydroxylation sites is 1. The summed E-state index contributed by atoms with van der Waals surface area (Å²) in [5, 5.41) is 12.0. The SMILES string of the molecule is CCOC(=O)C=CC(=O)N(Cc1ccc(OC)cc1OC)c1ccc(Cl)cc1C(O)c1cccc(OC)c1OC. The molecule has 0 aliphatic carbocycles. The summed E-state index contributed by atoms with van der Waals surface area (Å²) in [4.78, 5) is 27.0. The summed E-state index contributed by atoms with van der Waals surface area (Å²) in [6, 6.07) is 15.1. The van der Waals surface area contributed by atoms with Crippen LogP contribution in [0.1, 0.15) is 29.7 Å². The van der Waals surface area contributed by atoms with Gasteiger partial charge in [-0.3, -0.25) is 4.79 Å². The first-order valence-electron chi connectivity index (χ1n) is 12.3. The third-order valence-corrected chi connectivity index (χ3v) is 6.28. The lowest BCUT2D eigenvalue weighted by atomic mass is 9.97. The molecule has 10 heteroatoms. The lowest BCUT2D eigenvalue weighted by Crippen LogP contribution is -2.30. The summed E-state index contributed by atoms with van der Waals surface area (Å²) < 4.78 is 26.7. The van der Waals surface area contributed by atoms with Crippen molar-refractivity contribution in [2.75, 3.05) is 39.9 Å². The molecule has 0 bridgehead atoms. The third kappa shape index (κ3) is 7.05. The van der Waals surface area contributed by atoms with Gasteiger partial charge in [-0.05, 0) is 43.3 Å². The van der Waals surface area contributed by atoms with E-state index in [1.165, 1.54) is 26.2 Å². The van der Waals surface area contributed by atoms with Gasteiger partial charge in [0.15, 0.2) is 11.5 Å². The highest BCUT2D eigenvalue weighted by Gasteiger charge is 2.26. The number of hydrogen-bond donors (Lipinski definition) is 1. The molecule has 0 saturated heterocycles. The van der Waals surface area contributed by atoms with Crippen LogP contribution in [0, 0.1) is 0 Å². The number of carbonyl (C=O) groups is 2. The molecule has 0 fully saturated rings. The maximum absolute atomic E-state index is 13.6. The van der Waals surface area contributed by atoms with Crippen LogP contribution in [-0.4, -0.2) is 52.0 Å². The van der Waals surface area contributed by atoms with Gasteiger partial charge < -0.3 is 33.7 Å². The van der Waals surface area contributed by atoms with Crippen molar-refractivity contribution >= 4 is 29.2 Å². The molecule has 3 aromatic rings. The first-order valence-corrected chi connectivity index (χ1v) is 12.7. The summed E-state index contributed by atoms with van der Waals surface area (Å²) in [5.74, 6) is 0.622. The fraction of sp³-hybridized carbons (Fsp3) is 0.267. The molecule has 0 saturated carbocycles. The highest BCUT2D eigenvalue weighted by atomic mass is 35.5. The molecule has 1 atom stereocenters. The highest BCUT2D eigenvalue weighted by Crippen LogP contribution is 2.41. The van der Waals surface area contributed by atoms with Crippen molar-refractivity contribution in [2.24, 2.45) is 0 Å². The maximum atomic E-state index is 13.6. The van der Waals surface area contributed by atoms with Crippen molar-refractivity contribution in [1.29, 1.82) is 0 Å². The molecule has 9 nitrogen and oxygen atoms in total. The zero-order valence-electron chi connectivity index (χ0n) is 23.0. The second-order valence-corrected chi connectivity index (χ2v) is 8.81. The molecule has 0 aromatic heterocycles. The van der Waals surface area contributed by atoms with E-state index in [0.717, 1.165) is 12.2 Å². The van der Waals surface area contributed by atoms with Crippen LogP contribution in [0.15, 0.2) is 66.7 Å². The van der Waals surface area contributed by atoms with E-state index in [1.807, 2.05) is 0 Å². The van der Waals surface area contributed by atoms with Crippen LogP contribution >= 0.6 is 11.6 Å². The number of methoxy groups -OCH3 is 4. The zero-order chi connectivity index (χ0) is 29.2. The van der Waals surface area contributed by atoms with Gasteiger partial charge in [0.05, 0.1) is 47.3 Å². The summed E-state index contributed by atoms with van der Waals surface area (Å²) in [6.45, 7) is 1.86. The number of esters is 1. The molecule has 0 aliphatic rings. The van der Waals surface area contributed by atoms with Gasteiger partial charge in [0.25, 0.3) is 5.91 Å². The van der Waals surface area contributed by atoms with Crippen LogP contribution in [0.5, 0.6) is 23.0 Å². The van der Waals surface area contributed by atoms with E-state index < -0.39 is 18.0 Å². The van der Waals surface area contributed by atoms with Crippen LogP contribution in [0.3, 0.4) is 0 Å². The molecule has 0 radical (unpaired) electrons. The normalized spacial score (nSPS) is 11.6. The molecule has 1 N–H and O–H groups in total. The molecular weight excluding hydrogens is 538 g/mol. The second-order valence-electron chi connectivity index (χ2n) is 8.38. The monoisotopic (exact) mass is 569 g/mol. The van der Waals surface area contributed by atoms with Gasteiger partial charge in [-0.25, -0.2) is 4.79 Å². The molecule has 0 heterocycles. The van der Waals surface area contributed by atoms with Gasteiger partial charge >= 0.3 is 5.97 Å². The number of benzene rings is 3. The van der Waals surface area contributed by atoms with E-state index in [2.05, 4.69) is 0 Å². The Balaban J connectivity index is 2.17. The van der Waals surface area contributed by atoms with Crippen LogP contribution in [0.4, 0.5) is 5.69 Å². The molecule has 3 aromatic carbocycles. The second kappa shape index (κ2) is 14.3. The van der Waals surface area contributed by atoms with E-state index in [0.29, 0.717) is 50.4 Å². The minimum atomic E-state index is -1.26. The predicted octanol–water partition coefficient (Wildman–Crippen LogP) is 5.11. The number of nitrogens with zero attached hydrogens (tertiary/aromatic N) is 1. The Morgan fingerprint density at radius 3 is 2.30 bits per heavy atom. The standard InChI is InChI=1S/C30H32ClNO8/c1-6-40-28(34)15-14-27(33)32(18-19-10-12-21(36-2)17-26(19)38-4)24-13-11-20(31)16-23(24)29(35)22-8-7-9-25(37-3)30(22)39-5/h7-17,29,35H,6,18H2,1-5H3. The van der Waals surface area contributed by atoms with Crippen LogP contribution in [0.25, 0.3) is 0 Å². The minimum Gasteiger partial charge on any atom is -0.497 e. The first-order chi connectivity index (χ1) is 19.3. The van der Waals surface area contributed by atoms with Gasteiger partial charge in [-0.1, -0.05) is 23.7 Å². The Morgan fingerprint density at radius 2 is 1.65 bits per heavy atom. The van der Waals surface area contributed by atoms with Gasteiger partial charge in [-0.2, -0.15) is 0 Å². The number of amides is 1. The van der Waals surface area contributed by atoms with Crippen molar-refractivity contribution in [3.8, 4) is 23.0 Å². The summed E-state index contributed by atoms with van der Waals surface area (Å²) >= 11 is 6.36. The Kier molecular flexibility index (Phi) is 10.8.